The third-order valence-electron chi connectivity index (χ3n) is 3.61. The van der Waals surface area contributed by atoms with E-state index in [1.165, 1.54) is 34.4 Å². The maximum Gasteiger partial charge on any atom is 0.333 e. The third-order valence-corrected chi connectivity index (χ3v) is 4.41. The van der Waals surface area contributed by atoms with E-state index in [1.54, 1.807) is 13.1 Å². The van der Waals surface area contributed by atoms with Crippen LogP contribution in [0.25, 0.3) is 0 Å². The molecule has 4 amide bonds. The first kappa shape index (κ1) is 15.3. The predicted octanol–water partition coefficient (Wildman–Crippen LogP) is -0.265. The lowest BCUT2D eigenvalue weighted by Crippen LogP contribution is -2.61. The number of hydrogen-bond donors (Lipinski definition) is 1. The molecule has 1 atom stereocenters. The largest absolute Gasteiger partial charge is 0.333 e. The summed E-state index contributed by atoms with van der Waals surface area (Å²) in [6, 6.07) is 0.575. The number of fused-ring (bicyclic) bond motifs is 1. The number of carbonyl (C=O) groups excluding carboxylic acids is 3. The quantitative estimate of drug-likeness (QED) is 0.769. The molecule has 2 aliphatic rings. The molecule has 2 aliphatic heterocycles. The van der Waals surface area contributed by atoms with Crippen molar-refractivity contribution in [2.45, 2.75) is 13.0 Å². The van der Waals surface area contributed by atoms with Gasteiger partial charge in [0, 0.05) is 14.1 Å². The highest BCUT2D eigenvalue weighted by Crippen LogP contribution is 2.18. The van der Waals surface area contributed by atoms with Crippen molar-refractivity contribution in [2.24, 2.45) is 4.99 Å². The molecule has 1 saturated heterocycles. The summed E-state index contributed by atoms with van der Waals surface area (Å²) in [5.74, 6) is -0.349. The minimum Gasteiger partial charge on any atom is -0.313 e. The zero-order valence-electron chi connectivity index (χ0n) is 12.8. The number of hydrogen-bond acceptors (Lipinski definition) is 6. The van der Waals surface area contributed by atoms with Crippen molar-refractivity contribution >= 4 is 46.6 Å². The van der Waals surface area contributed by atoms with E-state index < -0.39 is 18.0 Å². The van der Waals surface area contributed by atoms with Crippen LogP contribution < -0.4 is 5.32 Å². The number of amidine groups is 1. The molecule has 1 aromatic heterocycles. The molecule has 0 bridgehead atoms. The van der Waals surface area contributed by atoms with Crippen LogP contribution in [0.4, 0.5) is 9.80 Å². The summed E-state index contributed by atoms with van der Waals surface area (Å²) in [6.07, 6.45) is 1.42. The molecule has 0 radical (unpaired) electrons. The molecule has 23 heavy (non-hydrogen) atoms. The van der Waals surface area contributed by atoms with E-state index in [4.69, 9.17) is 0 Å². The van der Waals surface area contributed by atoms with Crippen molar-refractivity contribution in [2.75, 3.05) is 26.0 Å². The first-order chi connectivity index (χ1) is 10.9. The number of rotatable bonds is 3. The van der Waals surface area contributed by atoms with Gasteiger partial charge in [-0.2, -0.15) is 4.37 Å². The number of aryl methyl sites for hydroxylation is 1. The van der Waals surface area contributed by atoms with E-state index in [2.05, 4.69) is 14.7 Å². The van der Waals surface area contributed by atoms with Gasteiger partial charge in [0.25, 0.3) is 30.0 Å². The predicted molar refractivity (Wildman–Crippen MR) is 83.8 cm³/mol. The van der Waals surface area contributed by atoms with Gasteiger partial charge in [0.05, 0.1) is 5.69 Å². The second kappa shape index (κ2) is 5.54. The van der Waals surface area contributed by atoms with Gasteiger partial charge in [0.1, 0.15) is 5.00 Å². The van der Waals surface area contributed by atoms with Crippen molar-refractivity contribution in [3.05, 3.63) is 11.8 Å². The normalized spacial score (nSPS) is 20.4. The van der Waals surface area contributed by atoms with Crippen LogP contribution in [-0.2, 0) is 9.59 Å². The molecular weight excluding hydrogens is 320 g/mol. The van der Waals surface area contributed by atoms with Crippen molar-refractivity contribution in [1.82, 2.24) is 14.2 Å². The number of likely N-dealkylation sites (N-methyl/N-ethyl adjacent to an activating group) is 2. The van der Waals surface area contributed by atoms with Crippen LogP contribution in [0.2, 0.25) is 0 Å². The Kier molecular flexibility index (Phi) is 3.68. The number of nitrogens with one attached hydrogen (secondary N) is 1. The molecule has 1 N–H and O–H groups in total. The highest BCUT2D eigenvalue weighted by molar-refractivity contribution is 7.10. The van der Waals surface area contributed by atoms with Gasteiger partial charge < -0.3 is 5.32 Å². The van der Waals surface area contributed by atoms with E-state index >= 15 is 0 Å². The SMILES string of the molecule is Cc1cc(NC(=O)C[N+]2=CN=C3C2C(=O)N(C)C(=O)N3C)sn1. The summed E-state index contributed by atoms with van der Waals surface area (Å²) in [4.78, 5) is 42.8. The lowest BCUT2D eigenvalue weighted by atomic mass is 10.1. The van der Waals surface area contributed by atoms with E-state index in [1.807, 2.05) is 6.92 Å². The van der Waals surface area contributed by atoms with Crippen LogP contribution in [0.1, 0.15) is 5.69 Å². The fourth-order valence-corrected chi connectivity index (χ4v) is 3.12. The zero-order chi connectivity index (χ0) is 16.7. The standard InChI is InChI=1S/C13H14N6O3S/c1-7-4-9(23-16-7)15-8(20)5-19-6-14-11-10(19)12(21)18(3)13(22)17(11)2/h4,6,10H,5H2,1-3H3/p+1. The van der Waals surface area contributed by atoms with Crippen LogP contribution in [0.3, 0.4) is 0 Å². The first-order valence-electron chi connectivity index (χ1n) is 6.83. The van der Waals surface area contributed by atoms with Gasteiger partial charge in [0.2, 0.25) is 0 Å². The molecule has 0 saturated carbocycles. The van der Waals surface area contributed by atoms with Crippen molar-refractivity contribution in [3.63, 3.8) is 0 Å². The highest BCUT2D eigenvalue weighted by atomic mass is 32.1. The maximum absolute atomic E-state index is 12.3. The topological polar surface area (TPSA) is 98.0 Å². The Bertz CT molecular complexity index is 768. The Hall–Kier alpha value is -2.62. The Morgan fingerprint density at radius 1 is 1.39 bits per heavy atom. The molecule has 1 unspecified atom stereocenters. The number of aromatic nitrogens is 1. The summed E-state index contributed by atoms with van der Waals surface area (Å²) in [5, 5.41) is 3.38. The number of aliphatic imine (C=N–C) groups is 1. The maximum atomic E-state index is 12.3. The van der Waals surface area contributed by atoms with Gasteiger partial charge in [-0.15, -0.1) is 0 Å². The van der Waals surface area contributed by atoms with E-state index in [0.29, 0.717) is 10.8 Å². The molecule has 0 spiro atoms. The van der Waals surface area contributed by atoms with Gasteiger partial charge in [-0.05, 0) is 29.5 Å². The Balaban J connectivity index is 1.72. The number of carbonyl (C=O) groups is 3. The van der Waals surface area contributed by atoms with Crippen LogP contribution in [0.15, 0.2) is 11.1 Å². The van der Waals surface area contributed by atoms with Gasteiger partial charge in [-0.25, -0.2) is 9.37 Å². The van der Waals surface area contributed by atoms with Crippen molar-refractivity contribution < 1.29 is 19.0 Å². The molecule has 0 aromatic carbocycles. The molecule has 1 aromatic rings. The summed E-state index contributed by atoms with van der Waals surface area (Å²) >= 11 is 1.19. The highest BCUT2D eigenvalue weighted by Gasteiger charge is 2.50. The Labute approximate surface area is 136 Å². The second-order valence-electron chi connectivity index (χ2n) is 5.30. The average Bonchev–Trinajstić information content (AvgIpc) is 3.09. The molecule has 10 heteroatoms. The van der Waals surface area contributed by atoms with Crippen molar-refractivity contribution in [3.8, 4) is 0 Å². The van der Waals surface area contributed by atoms with Gasteiger partial charge in [-0.3, -0.25) is 19.4 Å². The van der Waals surface area contributed by atoms with E-state index in [-0.39, 0.29) is 12.5 Å². The lowest BCUT2D eigenvalue weighted by molar-refractivity contribution is -0.519. The Morgan fingerprint density at radius 3 is 2.78 bits per heavy atom. The summed E-state index contributed by atoms with van der Waals surface area (Å²) in [6.45, 7) is 1.79. The zero-order valence-corrected chi connectivity index (χ0v) is 13.6. The number of nitrogens with zero attached hydrogens (tertiary/aromatic N) is 5. The van der Waals surface area contributed by atoms with Crippen LogP contribution in [0.5, 0.6) is 0 Å². The van der Waals surface area contributed by atoms with Crippen molar-refractivity contribution in [1.29, 1.82) is 0 Å². The second-order valence-corrected chi connectivity index (χ2v) is 6.10. The molecule has 3 rings (SSSR count). The molecule has 0 aliphatic carbocycles. The van der Waals surface area contributed by atoms with Gasteiger partial charge in [0.15, 0.2) is 6.54 Å². The monoisotopic (exact) mass is 335 g/mol. The summed E-state index contributed by atoms with van der Waals surface area (Å²) < 4.78 is 5.60. The number of anilines is 1. The van der Waals surface area contributed by atoms with Crippen LogP contribution in [0, 0.1) is 6.92 Å². The fraction of sp³-hybridized carbons (Fsp3) is 0.385. The van der Waals surface area contributed by atoms with Crippen LogP contribution in [-0.4, -0.2) is 75.5 Å². The summed E-state index contributed by atoms with van der Waals surface area (Å²) in [5.41, 5.74) is 0.827. The Morgan fingerprint density at radius 2 is 2.13 bits per heavy atom. The fourth-order valence-electron chi connectivity index (χ4n) is 2.44. The van der Waals surface area contributed by atoms with Crippen LogP contribution >= 0.6 is 11.5 Å². The molecule has 9 nitrogen and oxygen atoms in total. The van der Waals surface area contributed by atoms with E-state index in [9.17, 15) is 14.4 Å². The minimum atomic E-state index is -0.753. The minimum absolute atomic E-state index is 0.0454. The average molecular weight is 335 g/mol. The number of amides is 4. The third kappa shape index (κ3) is 2.61. The molecule has 3 heterocycles. The molecular formula is C13H15N6O3S+. The lowest BCUT2D eigenvalue weighted by Gasteiger charge is -2.30. The molecule has 1 fully saturated rings. The van der Waals surface area contributed by atoms with Gasteiger partial charge >= 0.3 is 6.03 Å². The number of imide groups is 1. The van der Waals surface area contributed by atoms with Gasteiger partial charge in [-0.1, -0.05) is 0 Å². The smallest absolute Gasteiger partial charge is 0.313 e. The molecule has 120 valence electrons. The number of urea groups is 1. The first-order valence-corrected chi connectivity index (χ1v) is 7.61. The summed E-state index contributed by atoms with van der Waals surface area (Å²) in [7, 11) is 2.96. The van der Waals surface area contributed by atoms with E-state index in [0.717, 1.165) is 10.6 Å².